The Morgan fingerprint density at radius 1 is 0.348 bits per heavy atom. The zero-order valence-electron chi connectivity index (χ0n) is 24.9. The minimum atomic E-state index is 0.912. The SMILES string of the molecule is c1ccc(-n2c3ccccc3c3c4ccccc4c(-c4ccc(-c5ccc6c7c(cccc57)-c5ccccc5O6)cc4)cc32)cc1. The number of benzene rings is 8. The summed E-state index contributed by atoms with van der Waals surface area (Å²) in [5.41, 5.74) is 10.8. The van der Waals surface area contributed by atoms with Crippen molar-refractivity contribution in [1.29, 1.82) is 0 Å². The highest BCUT2D eigenvalue weighted by molar-refractivity contribution is 6.24. The maximum atomic E-state index is 6.35. The van der Waals surface area contributed by atoms with E-state index in [-0.39, 0.29) is 0 Å². The molecule has 8 aromatic carbocycles. The summed E-state index contributed by atoms with van der Waals surface area (Å²) in [6.07, 6.45) is 0. The third kappa shape index (κ3) is 3.59. The molecule has 0 fully saturated rings. The maximum Gasteiger partial charge on any atom is 0.135 e. The Balaban J connectivity index is 1.17. The van der Waals surface area contributed by atoms with Gasteiger partial charge < -0.3 is 9.30 Å². The molecule has 0 atom stereocenters. The third-order valence-corrected chi connectivity index (χ3v) is 9.60. The van der Waals surface area contributed by atoms with E-state index in [2.05, 4.69) is 156 Å². The third-order valence-electron chi connectivity index (χ3n) is 9.60. The van der Waals surface area contributed by atoms with Crippen LogP contribution in [0.3, 0.4) is 0 Å². The van der Waals surface area contributed by atoms with Crippen LogP contribution in [-0.4, -0.2) is 4.57 Å². The summed E-state index contributed by atoms with van der Waals surface area (Å²) in [5, 5.41) is 7.48. The molecule has 0 bridgehead atoms. The van der Waals surface area contributed by atoms with Crippen molar-refractivity contribution in [2.24, 2.45) is 0 Å². The van der Waals surface area contributed by atoms with Gasteiger partial charge in [0.2, 0.25) is 0 Å². The zero-order valence-corrected chi connectivity index (χ0v) is 24.9. The molecular formula is C44H27NO. The van der Waals surface area contributed by atoms with Gasteiger partial charge >= 0.3 is 0 Å². The van der Waals surface area contributed by atoms with Gasteiger partial charge in [0.1, 0.15) is 11.5 Å². The van der Waals surface area contributed by atoms with E-state index in [9.17, 15) is 0 Å². The molecular weight excluding hydrogens is 558 g/mol. The van der Waals surface area contributed by atoms with Crippen molar-refractivity contribution in [2.45, 2.75) is 0 Å². The van der Waals surface area contributed by atoms with Gasteiger partial charge in [-0.3, -0.25) is 0 Å². The Morgan fingerprint density at radius 3 is 1.85 bits per heavy atom. The molecule has 1 aliphatic heterocycles. The van der Waals surface area contributed by atoms with Gasteiger partial charge in [0.15, 0.2) is 0 Å². The molecule has 10 rings (SSSR count). The zero-order chi connectivity index (χ0) is 30.2. The van der Waals surface area contributed by atoms with Gasteiger partial charge in [-0.15, -0.1) is 0 Å². The van der Waals surface area contributed by atoms with Crippen molar-refractivity contribution in [3.05, 3.63) is 164 Å². The smallest absolute Gasteiger partial charge is 0.135 e. The molecule has 46 heavy (non-hydrogen) atoms. The molecule has 0 spiro atoms. The van der Waals surface area contributed by atoms with Crippen LogP contribution in [0.2, 0.25) is 0 Å². The first-order valence-corrected chi connectivity index (χ1v) is 15.8. The Hall–Kier alpha value is -6.12. The predicted molar refractivity (Wildman–Crippen MR) is 192 cm³/mol. The van der Waals surface area contributed by atoms with Crippen molar-refractivity contribution >= 4 is 43.4 Å². The molecule has 0 saturated heterocycles. The second kappa shape index (κ2) is 9.69. The topological polar surface area (TPSA) is 14.2 Å². The lowest BCUT2D eigenvalue weighted by Gasteiger charge is -2.22. The number of aromatic nitrogens is 1. The second-order valence-corrected chi connectivity index (χ2v) is 12.1. The normalized spacial score (nSPS) is 12.1. The van der Waals surface area contributed by atoms with Gasteiger partial charge in [-0.25, -0.2) is 0 Å². The van der Waals surface area contributed by atoms with Crippen molar-refractivity contribution in [2.75, 3.05) is 0 Å². The Labute approximate surface area is 266 Å². The summed E-state index contributed by atoms with van der Waals surface area (Å²) >= 11 is 0. The Kier molecular flexibility index (Phi) is 5.31. The molecule has 0 radical (unpaired) electrons. The number of ether oxygens (including phenoxy) is 1. The van der Waals surface area contributed by atoms with E-state index >= 15 is 0 Å². The van der Waals surface area contributed by atoms with Gasteiger partial charge in [0.25, 0.3) is 0 Å². The highest BCUT2D eigenvalue weighted by Gasteiger charge is 2.22. The summed E-state index contributed by atoms with van der Waals surface area (Å²) in [6.45, 7) is 0. The standard InChI is InChI=1S/C44H27NO/c1-2-11-30(12-3-1)45-39-19-8-6-16-37(39)43-35-15-5-4-13-32(35)38(27-40(43)45)29-23-21-28(22-24-29)31-25-26-42-44-34(31)17-10-18-36(44)33-14-7-9-20-41(33)46-42/h1-27H. The fourth-order valence-electron chi connectivity index (χ4n) is 7.59. The van der Waals surface area contributed by atoms with Gasteiger partial charge in [0.05, 0.1) is 11.0 Å². The van der Waals surface area contributed by atoms with Crippen LogP contribution in [-0.2, 0) is 0 Å². The average Bonchev–Trinajstić information content (AvgIpc) is 3.46. The van der Waals surface area contributed by atoms with Gasteiger partial charge in [-0.05, 0) is 80.4 Å². The summed E-state index contributed by atoms with van der Waals surface area (Å²) in [7, 11) is 0. The molecule has 0 unspecified atom stereocenters. The highest BCUT2D eigenvalue weighted by Crippen LogP contribution is 2.49. The van der Waals surface area contributed by atoms with E-state index in [1.54, 1.807) is 0 Å². The van der Waals surface area contributed by atoms with Crippen molar-refractivity contribution in [1.82, 2.24) is 4.57 Å². The number of hydrogen-bond donors (Lipinski definition) is 0. The van der Waals surface area contributed by atoms with Crippen LogP contribution < -0.4 is 4.74 Å². The van der Waals surface area contributed by atoms with Crippen LogP contribution in [0.25, 0.3) is 82.4 Å². The first-order chi connectivity index (χ1) is 22.8. The van der Waals surface area contributed by atoms with Crippen molar-refractivity contribution in [3.63, 3.8) is 0 Å². The molecule has 2 nitrogen and oxygen atoms in total. The summed E-state index contributed by atoms with van der Waals surface area (Å²) in [5.74, 6) is 1.83. The molecule has 1 aromatic heterocycles. The van der Waals surface area contributed by atoms with E-state index in [1.807, 2.05) is 12.1 Å². The van der Waals surface area contributed by atoms with Crippen LogP contribution in [0.1, 0.15) is 0 Å². The lowest BCUT2D eigenvalue weighted by Crippen LogP contribution is -1.97. The second-order valence-electron chi connectivity index (χ2n) is 12.1. The van der Waals surface area contributed by atoms with E-state index in [1.165, 1.54) is 76.9 Å². The van der Waals surface area contributed by atoms with E-state index in [0.29, 0.717) is 0 Å². The first kappa shape index (κ1) is 25.2. The average molecular weight is 586 g/mol. The largest absolute Gasteiger partial charge is 0.456 e. The fraction of sp³-hybridized carbons (Fsp3) is 0. The molecule has 0 N–H and O–H groups in total. The summed E-state index contributed by atoms with van der Waals surface area (Å²) < 4.78 is 8.76. The summed E-state index contributed by atoms with van der Waals surface area (Å²) in [6, 6.07) is 59.0. The van der Waals surface area contributed by atoms with Crippen LogP contribution in [0.5, 0.6) is 11.5 Å². The molecule has 9 aromatic rings. The number of rotatable bonds is 3. The molecule has 0 saturated carbocycles. The van der Waals surface area contributed by atoms with Crippen LogP contribution in [0.4, 0.5) is 0 Å². The number of nitrogens with zero attached hydrogens (tertiary/aromatic N) is 1. The molecule has 1 aliphatic rings. The monoisotopic (exact) mass is 585 g/mol. The summed E-state index contributed by atoms with van der Waals surface area (Å²) in [4.78, 5) is 0. The van der Waals surface area contributed by atoms with Crippen molar-refractivity contribution in [3.8, 4) is 50.6 Å². The van der Waals surface area contributed by atoms with Crippen molar-refractivity contribution < 1.29 is 4.74 Å². The molecule has 2 heterocycles. The number of fused-ring (bicyclic) bond motifs is 7. The molecule has 0 aliphatic carbocycles. The molecule has 214 valence electrons. The van der Waals surface area contributed by atoms with Gasteiger partial charge in [0, 0.05) is 27.4 Å². The highest BCUT2D eigenvalue weighted by atomic mass is 16.5. The molecule has 0 amide bonds. The minimum absolute atomic E-state index is 0.912. The predicted octanol–water partition coefficient (Wildman–Crippen LogP) is 12.2. The van der Waals surface area contributed by atoms with Crippen LogP contribution >= 0.6 is 0 Å². The lowest BCUT2D eigenvalue weighted by atomic mass is 9.89. The lowest BCUT2D eigenvalue weighted by molar-refractivity contribution is 0.487. The number of para-hydroxylation sites is 3. The van der Waals surface area contributed by atoms with E-state index in [0.717, 1.165) is 17.1 Å². The van der Waals surface area contributed by atoms with E-state index < -0.39 is 0 Å². The first-order valence-electron chi connectivity index (χ1n) is 15.8. The Morgan fingerprint density at radius 2 is 1.00 bits per heavy atom. The maximum absolute atomic E-state index is 6.35. The quantitative estimate of drug-likeness (QED) is 0.201. The fourth-order valence-corrected chi connectivity index (χ4v) is 7.59. The van der Waals surface area contributed by atoms with E-state index in [4.69, 9.17) is 4.74 Å². The van der Waals surface area contributed by atoms with Gasteiger partial charge in [-0.2, -0.15) is 0 Å². The van der Waals surface area contributed by atoms with Crippen LogP contribution in [0, 0.1) is 0 Å². The number of hydrogen-bond acceptors (Lipinski definition) is 1. The van der Waals surface area contributed by atoms with Crippen LogP contribution in [0.15, 0.2) is 164 Å². The van der Waals surface area contributed by atoms with Gasteiger partial charge in [-0.1, -0.05) is 127 Å². The minimum Gasteiger partial charge on any atom is -0.456 e. The Bertz CT molecular complexity index is 2650. The molecule has 2 heteroatoms.